The third kappa shape index (κ3) is 3.87. The number of rotatable bonds is 4. The number of hydrogen-bond donors (Lipinski definition) is 0. The number of amides is 1. The fraction of sp³-hybridized carbons (Fsp3) is 0.227. The molecular weight excluding hydrogens is 415 g/mol. The van der Waals surface area contributed by atoms with Crippen LogP contribution in [-0.4, -0.2) is 62.1 Å². The van der Waals surface area contributed by atoms with Gasteiger partial charge in [-0.05, 0) is 40.8 Å². The first-order valence-electron chi connectivity index (χ1n) is 10.2. The van der Waals surface area contributed by atoms with Gasteiger partial charge in [-0.3, -0.25) is 14.5 Å². The molecule has 1 amide bonds. The molecule has 9 nitrogen and oxygen atoms in total. The zero-order valence-corrected chi connectivity index (χ0v) is 17.0. The Balaban J connectivity index is 1.26. The van der Waals surface area contributed by atoms with Crippen molar-refractivity contribution in [2.75, 3.05) is 26.2 Å². The van der Waals surface area contributed by atoms with Crippen LogP contribution in [0.4, 0.5) is 4.39 Å². The normalized spacial score (nSPS) is 14.7. The van der Waals surface area contributed by atoms with Gasteiger partial charge in [0.15, 0.2) is 17.0 Å². The van der Waals surface area contributed by atoms with Gasteiger partial charge in [0.2, 0.25) is 0 Å². The highest BCUT2D eigenvalue weighted by molar-refractivity contribution is 5.93. The number of carbonyl (C=O) groups is 1. The SMILES string of the molecule is O=C(c1cc(=O)c2ccccc2o1)N1CCN(Cc2nnnn2-c2cccc(F)c2)CC1. The van der Waals surface area contributed by atoms with Gasteiger partial charge >= 0.3 is 0 Å². The molecule has 0 saturated carbocycles. The number of para-hydroxylation sites is 1. The highest BCUT2D eigenvalue weighted by Crippen LogP contribution is 2.16. The van der Waals surface area contributed by atoms with E-state index in [4.69, 9.17) is 4.42 Å². The summed E-state index contributed by atoms with van der Waals surface area (Å²) in [5, 5.41) is 12.2. The molecule has 5 rings (SSSR count). The van der Waals surface area contributed by atoms with E-state index in [1.54, 1.807) is 41.3 Å². The van der Waals surface area contributed by atoms with Crippen LogP contribution in [0.25, 0.3) is 16.7 Å². The molecule has 4 aromatic rings. The van der Waals surface area contributed by atoms with Crippen LogP contribution in [0, 0.1) is 5.82 Å². The molecule has 3 heterocycles. The highest BCUT2D eigenvalue weighted by Gasteiger charge is 2.25. The molecule has 162 valence electrons. The number of piperazine rings is 1. The number of fused-ring (bicyclic) bond motifs is 1. The predicted octanol–water partition coefficient (Wildman–Crippen LogP) is 1.87. The van der Waals surface area contributed by atoms with E-state index in [-0.39, 0.29) is 22.9 Å². The van der Waals surface area contributed by atoms with Crippen molar-refractivity contribution >= 4 is 16.9 Å². The minimum Gasteiger partial charge on any atom is -0.451 e. The van der Waals surface area contributed by atoms with E-state index in [0.717, 1.165) is 0 Å². The molecule has 1 aliphatic rings. The molecule has 0 atom stereocenters. The summed E-state index contributed by atoms with van der Waals surface area (Å²) < 4.78 is 20.7. The Morgan fingerprint density at radius 3 is 2.66 bits per heavy atom. The van der Waals surface area contributed by atoms with Crippen molar-refractivity contribution in [2.24, 2.45) is 0 Å². The molecule has 1 fully saturated rings. The number of benzene rings is 2. The topological polar surface area (TPSA) is 97.4 Å². The lowest BCUT2D eigenvalue weighted by Crippen LogP contribution is -2.48. The summed E-state index contributed by atoms with van der Waals surface area (Å²) in [7, 11) is 0. The average molecular weight is 434 g/mol. The smallest absolute Gasteiger partial charge is 0.289 e. The molecule has 0 N–H and O–H groups in total. The summed E-state index contributed by atoms with van der Waals surface area (Å²) >= 11 is 0. The molecule has 0 unspecified atom stereocenters. The first kappa shape index (κ1) is 20.0. The Hall–Kier alpha value is -3.92. The van der Waals surface area contributed by atoms with Gasteiger partial charge in [-0.15, -0.1) is 5.10 Å². The van der Waals surface area contributed by atoms with Crippen molar-refractivity contribution < 1.29 is 13.6 Å². The van der Waals surface area contributed by atoms with E-state index in [1.807, 2.05) is 0 Å². The maximum Gasteiger partial charge on any atom is 0.289 e. The molecule has 1 aliphatic heterocycles. The second kappa shape index (κ2) is 8.31. The lowest BCUT2D eigenvalue weighted by Gasteiger charge is -2.34. The molecular formula is C22H19FN6O3. The molecule has 2 aromatic heterocycles. The van der Waals surface area contributed by atoms with Crippen LogP contribution in [0.3, 0.4) is 0 Å². The molecule has 32 heavy (non-hydrogen) atoms. The molecule has 2 aromatic carbocycles. The van der Waals surface area contributed by atoms with Gasteiger partial charge in [0.1, 0.15) is 11.4 Å². The first-order chi connectivity index (χ1) is 15.6. The number of carbonyl (C=O) groups excluding carboxylic acids is 1. The molecule has 0 bridgehead atoms. The highest BCUT2D eigenvalue weighted by atomic mass is 19.1. The molecule has 0 spiro atoms. The molecule has 10 heteroatoms. The van der Waals surface area contributed by atoms with E-state index >= 15 is 0 Å². The first-order valence-corrected chi connectivity index (χ1v) is 10.2. The van der Waals surface area contributed by atoms with Gasteiger partial charge in [-0.2, -0.15) is 4.68 Å². The van der Waals surface area contributed by atoms with Crippen molar-refractivity contribution in [1.29, 1.82) is 0 Å². The monoisotopic (exact) mass is 434 g/mol. The van der Waals surface area contributed by atoms with Gasteiger partial charge in [0.05, 0.1) is 17.6 Å². The van der Waals surface area contributed by atoms with Crippen LogP contribution >= 0.6 is 0 Å². The third-order valence-electron chi connectivity index (χ3n) is 5.46. The van der Waals surface area contributed by atoms with Crippen molar-refractivity contribution in [2.45, 2.75) is 6.54 Å². The van der Waals surface area contributed by atoms with Gasteiger partial charge in [-0.25, -0.2) is 4.39 Å². The van der Waals surface area contributed by atoms with Crippen molar-refractivity contribution in [3.05, 3.63) is 82.2 Å². The Bertz CT molecular complexity index is 1340. The molecule has 0 aliphatic carbocycles. The second-order valence-electron chi connectivity index (χ2n) is 7.53. The van der Waals surface area contributed by atoms with Crippen molar-refractivity contribution in [3.8, 4) is 5.69 Å². The Morgan fingerprint density at radius 2 is 1.84 bits per heavy atom. The van der Waals surface area contributed by atoms with Crippen molar-refractivity contribution in [1.82, 2.24) is 30.0 Å². The fourth-order valence-corrected chi connectivity index (χ4v) is 3.79. The summed E-state index contributed by atoms with van der Waals surface area (Å²) in [6, 6.07) is 14.2. The fourth-order valence-electron chi connectivity index (χ4n) is 3.79. The van der Waals surface area contributed by atoms with Gasteiger partial charge in [0.25, 0.3) is 5.91 Å². The lowest BCUT2D eigenvalue weighted by molar-refractivity contribution is 0.0594. The maximum atomic E-state index is 13.6. The second-order valence-corrected chi connectivity index (χ2v) is 7.53. The third-order valence-corrected chi connectivity index (χ3v) is 5.46. The van der Waals surface area contributed by atoms with E-state index in [2.05, 4.69) is 20.4 Å². The average Bonchev–Trinajstić information content (AvgIpc) is 3.27. The van der Waals surface area contributed by atoms with Crippen LogP contribution < -0.4 is 5.43 Å². The minimum atomic E-state index is -0.364. The minimum absolute atomic E-state index is 0.0391. The standard InChI is InChI=1S/C22H19FN6O3/c23-15-4-3-5-16(12-15)29-21(24-25-26-29)14-27-8-10-28(11-9-27)22(31)20-13-18(30)17-6-1-2-7-19(17)32-20/h1-7,12-13H,8-11,14H2. The Labute approximate surface area is 181 Å². The summed E-state index contributed by atoms with van der Waals surface area (Å²) in [6.45, 7) is 2.59. The number of aromatic nitrogens is 4. The zero-order chi connectivity index (χ0) is 22.1. The van der Waals surface area contributed by atoms with Crippen LogP contribution in [0.2, 0.25) is 0 Å². The van der Waals surface area contributed by atoms with E-state index in [0.29, 0.717) is 55.2 Å². The summed E-state index contributed by atoms with van der Waals surface area (Å²) in [4.78, 5) is 29.0. The van der Waals surface area contributed by atoms with Gasteiger partial charge < -0.3 is 9.32 Å². The van der Waals surface area contributed by atoms with E-state index in [9.17, 15) is 14.0 Å². The number of halogens is 1. The van der Waals surface area contributed by atoms with E-state index < -0.39 is 0 Å². The van der Waals surface area contributed by atoms with Crippen LogP contribution in [0.5, 0.6) is 0 Å². The summed E-state index contributed by atoms with van der Waals surface area (Å²) in [5.74, 6) is -0.0541. The Morgan fingerprint density at radius 1 is 1.03 bits per heavy atom. The number of tetrazole rings is 1. The predicted molar refractivity (Wildman–Crippen MR) is 113 cm³/mol. The summed E-state index contributed by atoms with van der Waals surface area (Å²) in [5.41, 5.74) is 0.703. The van der Waals surface area contributed by atoms with Crippen molar-refractivity contribution in [3.63, 3.8) is 0 Å². The van der Waals surface area contributed by atoms with Crippen LogP contribution in [0.1, 0.15) is 16.4 Å². The molecule has 0 radical (unpaired) electrons. The zero-order valence-electron chi connectivity index (χ0n) is 17.0. The Kier molecular flexibility index (Phi) is 5.20. The largest absolute Gasteiger partial charge is 0.451 e. The quantitative estimate of drug-likeness (QED) is 0.484. The number of hydrogen-bond acceptors (Lipinski definition) is 7. The van der Waals surface area contributed by atoms with E-state index in [1.165, 1.54) is 22.9 Å². The van der Waals surface area contributed by atoms with Gasteiger partial charge in [0, 0.05) is 32.2 Å². The lowest BCUT2D eigenvalue weighted by atomic mass is 10.2. The number of nitrogens with zero attached hydrogens (tertiary/aromatic N) is 6. The van der Waals surface area contributed by atoms with Crippen LogP contribution in [0.15, 0.2) is 63.8 Å². The van der Waals surface area contributed by atoms with Gasteiger partial charge in [-0.1, -0.05) is 18.2 Å². The van der Waals surface area contributed by atoms with Crippen LogP contribution in [-0.2, 0) is 6.54 Å². The maximum absolute atomic E-state index is 13.6. The molecule has 1 saturated heterocycles. The summed E-state index contributed by atoms with van der Waals surface area (Å²) in [6.07, 6.45) is 0.